The Bertz CT molecular complexity index is 205. The normalized spacial score (nSPS) is 48.6. The molecule has 1 nitrogen and oxygen atoms in total. The summed E-state index contributed by atoms with van der Waals surface area (Å²) in [7, 11) is 2.36. The molecule has 4 atom stereocenters. The third-order valence-electron chi connectivity index (χ3n) is 5.18. The van der Waals surface area contributed by atoms with E-state index in [9.17, 15) is 0 Å². The van der Waals surface area contributed by atoms with E-state index in [0.29, 0.717) is 0 Å². The molecule has 3 fully saturated rings. The van der Waals surface area contributed by atoms with Crippen molar-refractivity contribution in [3.8, 4) is 0 Å². The number of hydrogen-bond donors (Lipinski definition) is 0. The van der Waals surface area contributed by atoms with Crippen molar-refractivity contribution in [2.75, 3.05) is 13.6 Å². The van der Waals surface area contributed by atoms with Gasteiger partial charge in [-0.05, 0) is 44.2 Å². The predicted molar refractivity (Wildman–Crippen MR) is 59.2 cm³/mol. The molecule has 0 amide bonds. The lowest BCUT2D eigenvalue weighted by atomic mass is 9.60. The molecule has 3 rings (SSSR count). The lowest BCUT2D eigenvalue weighted by molar-refractivity contribution is -0.0261. The summed E-state index contributed by atoms with van der Waals surface area (Å²) in [5.74, 6) is 3.31. The molecule has 3 aliphatic rings. The van der Waals surface area contributed by atoms with Gasteiger partial charge in [0.25, 0.3) is 0 Å². The summed E-state index contributed by atoms with van der Waals surface area (Å²) in [5.41, 5.74) is 0. The van der Waals surface area contributed by atoms with E-state index in [-0.39, 0.29) is 0 Å². The van der Waals surface area contributed by atoms with Gasteiger partial charge in [0.15, 0.2) is 0 Å². The summed E-state index contributed by atoms with van der Waals surface area (Å²) in [4.78, 5) is 2.67. The molecule has 14 heavy (non-hydrogen) atoms. The van der Waals surface area contributed by atoms with E-state index in [4.69, 9.17) is 0 Å². The van der Waals surface area contributed by atoms with Crippen molar-refractivity contribution in [3.05, 3.63) is 0 Å². The van der Waals surface area contributed by atoms with E-state index in [0.717, 1.165) is 23.8 Å². The maximum atomic E-state index is 2.67. The SMILES string of the molecule is CN1CCC2CCCC3CCCC1C32. The first-order chi connectivity index (χ1) is 6.86. The molecule has 0 radical (unpaired) electrons. The van der Waals surface area contributed by atoms with Crippen LogP contribution >= 0.6 is 0 Å². The van der Waals surface area contributed by atoms with Crippen molar-refractivity contribution in [1.29, 1.82) is 0 Å². The first-order valence-corrected chi connectivity index (χ1v) is 6.56. The zero-order chi connectivity index (χ0) is 9.54. The summed E-state index contributed by atoms with van der Waals surface area (Å²) >= 11 is 0. The fourth-order valence-electron chi connectivity index (χ4n) is 4.55. The second-order valence-corrected chi connectivity index (χ2v) is 5.80. The highest BCUT2D eigenvalue weighted by Crippen LogP contribution is 2.48. The van der Waals surface area contributed by atoms with Crippen LogP contribution in [0.1, 0.15) is 44.9 Å². The summed E-state index contributed by atoms with van der Waals surface area (Å²) in [6, 6.07) is 0.966. The minimum absolute atomic E-state index is 0.966. The molecule has 2 saturated carbocycles. The van der Waals surface area contributed by atoms with Crippen LogP contribution in [-0.4, -0.2) is 24.5 Å². The first-order valence-electron chi connectivity index (χ1n) is 6.56. The van der Waals surface area contributed by atoms with E-state index in [2.05, 4.69) is 11.9 Å². The fraction of sp³-hybridized carbons (Fsp3) is 1.00. The van der Waals surface area contributed by atoms with Crippen LogP contribution in [0.25, 0.3) is 0 Å². The van der Waals surface area contributed by atoms with Gasteiger partial charge in [-0.1, -0.05) is 32.1 Å². The van der Waals surface area contributed by atoms with Crippen LogP contribution in [0, 0.1) is 17.8 Å². The average Bonchev–Trinajstić information content (AvgIpc) is 2.24. The van der Waals surface area contributed by atoms with Crippen LogP contribution in [0.15, 0.2) is 0 Å². The van der Waals surface area contributed by atoms with E-state index < -0.39 is 0 Å². The van der Waals surface area contributed by atoms with Crippen LogP contribution in [0.5, 0.6) is 0 Å². The maximum absolute atomic E-state index is 2.67. The number of likely N-dealkylation sites (tertiary alicyclic amines) is 1. The highest BCUT2D eigenvalue weighted by atomic mass is 15.1. The molecule has 0 aromatic heterocycles. The van der Waals surface area contributed by atoms with Gasteiger partial charge < -0.3 is 4.90 Å². The van der Waals surface area contributed by atoms with Gasteiger partial charge in [-0.2, -0.15) is 0 Å². The van der Waals surface area contributed by atoms with Gasteiger partial charge >= 0.3 is 0 Å². The van der Waals surface area contributed by atoms with Gasteiger partial charge in [0.05, 0.1) is 0 Å². The summed E-state index contributed by atoms with van der Waals surface area (Å²) < 4.78 is 0. The first kappa shape index (κ1) is 9.21. The fourth-order valence-corrected chi connectivity index (χ4v) is 4.55. The second kappa shape index (κ2) is 3.52. The van der Waals surface area contributed by atoms with Gasteiger partial charge in [-0.3, -0.25) is 0 Å². The van der Waals surface area contributed by atoms with Crippen molar-refractivity contribution >= 4 is 0 Å². The summed E-state index contributed by atoms with van der Waals surface area (Å²) in [5, 5.41) is 0. The minimum Gasteiger partial charge on any atom is -0.303 e. The number of hydrogen-bond acceptors (Lipinski definition) is 1. The molecule has 2 aliphatic carbocycles. The minimum atomic E-state index is 0.966. The molecule has 1 heteroatoms. The molecule has 80 valence electrons. The lowest BCUT2D eigenvalue weighted by Gasteiger charge is -2.53. The van der Waals surface area contributed by atoms with E-state index in [1.54, 1.807) is 19.3 Å². The van der Waals surface area contributed by atoms with Gasteiger partial charge in [0, 0.05) is 6.04 Å². The van der Waals surface area contributed by atoms with Crippen molar-refractivity contribution in [2.45, 2.75) is 51.0 Å². The van der Waals surface area contributed by atoms with Crippen molar-refractivity contribution < 1.29 is 0 Å². The third kappa shape index (κ3) is 1.32. The Hall–Kier alpha value is -0.0400. The lowest BCUT2D eigenvalue weighted by Crippen LogP contribution is -2.53. The van der Waals surface area contributed by atoms with Crippen LogP contribution < -0.4 is 0 Å². The zero-order valence-electron chi connectivity index (χ0n) is 9.41. The van der Waals surface area contributed by atoms with Gasteiger partial charge in [0.1, 0.15) is 0 Å². The summed E-state index contributed by atoms with van der Waals surface area (Å²) in [6.07, 6.45) is 10.7. The Morgan fingerprint density at radius 1 is 0.857 bits per heavy atom. The van der Waals surface area contributed by atoms with Crippen molar-refractivity contribution in [2.24, 2.45) is 17.8 Å². The monoisotopic (exact) mass is 193 g/mol. The zero-order valence-corrected chi connectivity index (χ0v) is 9.41. The average molecular weight is 193 g/mol. The Kier molecular flexibility index (Phi) is 2.31. The molecule has 1 aliphatic heterocycles. The Balaban J connectivity index is 1.84. The van der Waals surface area contributed by atoms with Gasteiger partial charge in [0.2, 0.25) is 0 Å². The van der Waals surface area contributed by atoms with Gasteiger partial charge in [-0.15, -0.1) is 0 Å². The number of nitrogens with zero attached hydrogens (tertiary/aromatic N) is 1. The quantitative estimate of drug-likeness (QED) is 0.572. The van der Waals surface area contributed by atoms with Crippen molar-refractivity contribution in [1.82, 2.24) is 4.90 Å². The van der Waals surface area contributed by atoms with Gasteiger partial charge in [-0.25, -0.2) is 0 Å². The molecule has 0 aromatic carbocycles. The smallest absolute Gasteiger partial charge is 0.0126 e. The van der Waals surface area contributed by atoms with E-state index in [1.165, 1.54) is 32.2 Å². The molecule has 0 spiro atoms. The van der Waals surface area contributed by atoms with E-state index >= 15 is 0 Å². The Morgan fingerprint density at radius 2 is 1.50 bits per heavy atom. The molecular weight excluding hydrogens is 170 g/mol. The largest absolute Gasteiger partial charge is 0.303 e. The third-order valence-corrected chi connectivity index (χ3v) is 5.18. The summed E-state index contributed by atoms with van der Waals surface area (Å²) in [6.45, 7) is 1.37. The standard InChI is InChI=1S/C13H23N/c1-14-9-8-11-5-2-4-10-6-3-7-12(14)13(10)11/h10-13H,2-9H2,1H3. The van der Waals surface area contributed by atoms with Crippen LogP contribution in [-0.2, 0) is 0 Å². The van der Waals surface area contributed by atoms with Crippen molar-refractivity contribution in [3.63, 3.8) is 0 Å². The molecule has 4 unspecified atom stereocenters. The van der Waals surface area contributed by atoms with E-state index in [1.807, 2.05) is 0 Å². The van der Waals surface area contributed by atoms with Crippen LogP contribution in [0.2, 0.25) is 0 Å². The predicted octanol–water partition coefficient (Wildman–Crippen LogP) is 2.91. The Morgan fingerprint density at radius 3 is 2.29 bits per heavy atom. The molecule has 1 saturated heterocycles. The molecule has 1 heterocycles. The topological polar surface area (TPSA) is 3.24 Å². The molecule has 0 N–H and O–H groups in total. The van der Waals surface area contributed by atoms with Crippen LogP contribution in [0.3, 0.4) is 0 Å². The molecular formula is C13H23N. The van der Waals surface area contributed by atoms with Crippen LogP contribution in [0.4, 0.5) is 0 Å². The number of rotatable bonds is 0. The molecule has 0 aromatic rings. The maximum Gasteiger partial charge on any atom is 0.0126 e. The number of piperidine rings is 1. The second-order valence-electron chi connectivity index (χ2n) is 5.80. The highest BCUT2D eigenvalue weighted by molar-refractivity contribution is 4.96. The Labute approximate surface area is 87.9 Å². The molecule has 0 bridgehead atoms. The highest BCUT2D eigenvalue weighted by Gasteiger charge is 2.44.